The zero-order valence-corrected chi connectivity index (χ0v) is 12.7. The summed E-state index contributed by atoms with van der Waals surface area (Å²) in [5.41, 5.74) is 1.10. The number of carboxylic acids is 1. The molecular weight excluding hydrogens is 282 g/mol. The predicted molar refractivity (Wildman–Crippen MR) is 80.8 cm³/mol. The molecule has 2 aliphatic rings. The van der Waals surface area contributed by atoms with Crippen molar-refractivity contribution in [3.05, 3.63) is 29.8 Å². The number of nitrogens with zero attached hydrogens (tertiary/aromatic N) is 1. The number of amides is 1. The SMILES string of the molecule is COc1cccc([C@@H]2C[C@@H]2C(=O)N2CCCC[C@@H]2C(=O)O)c1. The van der Waals surface area contributed by atoms with Crippen molar-refractivity contribution in [3.63, 3.8) is 0 Å². The summed E-state index contributed by atoms with van der Waals surface area (Å²) in [6.07, 6.45) is 3.14. The number of benzene rings is 1. The van der Waals surface area contributed by atoms with Crippen LogP contribution >= 0.6 is 0 Å². The van der Waals surface area contributed by atoms with Gasteiger partial charge in [-0.15, -0.1) is 0 Å². The highest BCUT2D eigenvalue weighted by atomic mass is 16.5. The van der Waals surface area contributed by atoms with Crippen molar-refractivity contribution in [2.45, 2.75) is 37.6 Å². The van der Waals surface area contributed by atoms with Gasteiger partial charge in [-0.05, 0) is 49.3 Å². The van der Waals surface area contributed by atoms with Crippen LogP contribution in [0.15, 0.2) is 24.3 Å². The number of rotatable bonds is 4. The van der Waals surface area contributed by atoms with E-state index in [9.17, 15) is 14.7 Å². The average Bonchev–Trinajstić information content (AvgIpc) is 3.35. The molecule has 1 aromatic carbocycles. The van der Waals surface area contributed by atoms with Crippen molar-refractivity contribution >= 4 is 11.9 Å². The fraction of sp³-hybridized carbons (Fsp3) is 0.529. The largest absolute Gasteiger partial charge is 0.497 e. The van der Waals surface area contributed by atoms with Crippen molar-refractivity contribution in [1.82, 2.24) is 4.90 Å². The van der Waals surface area contributed by atoms with E-state index >= 15 is 0 Å². The molecule has 3 atom stereocenters. The number of carbonyl (C=O) groups excluding carboxylic acids is 1. The summed E-state index contributed by atoms with van der Waals surface area (Å²) in [7, 11) is 1.62. The van der Waals surface area contributed by atoms with Crippen molar-refractivity contribution < 1.29 is 19.4 Å². The quantitative estimate of drug-likeness (QED) is 0.926. The van der Waals surface area contributed by atoms with Gasteiger partial charge in [-0.3, -0.25) is 4.79 Å². The van der Waals surface area contributed by atoms with Crippen LogP contribution in [-0.2, 0) is 9.59 Å². The minimum Gasteiger partial charge on any atom is -0.497 e. The first-order valence-electron chi connectivity index (χ1n) is 7.79. The van der Waals surface area contributed by atoms with E-state index in [1.54, 1.807) is 12.0 Å². The van der Waals surface area contributed by atoms with Crippen LogP contribution in [0.25, 0.3) is 0 Å². The monoisotopic (exact) mass is 303 g/mol. The van der Waals surface area contributed by atoms with Crippen molar-refractivity contribution in [2.24, 2.45) is 5.92 Å². The minimum atomic E-state index is -0.883. The topological polar surface area (TPSA) is 66.8 Å². The molecule has 5 nitrogen and oxygen atoms in total. The van der Waals surface area contributed by atoms with Gasteiger partial charge in [-0.25, -0.2) is 4.79 Å². The van der Waals surface area contributed by atoms with Gasteiger partial charge in [0.25, 0.3) is 0 Å². The fourth-order valence-corrected chi connectivity index (χ4v) is 3.37. The molecule has 1 saturated carbocycles. The predicted octanol–water partition coefficient (Wildman–Crippen LogP) is 2.26. The molecule has 0 aromatic heterocycles. The van der Waals surface area contributed by atoms with Crippen LogP contribution in [0, 0.1) is 5.92 Å². The zero-order valence-electron chi connectivity index (χ0n) is 12.7. The molecule has 118 valence electrons. The van der Waals surface area contributed by atoms with Crippen LogP contribution in [0.3, 0.4) is 0 Å². The van der Waals surface area contributed by atoms with E-state index < -0.39 is 12.0 Å². The van der Waals surface area contributed by atoms with Gasteiger partial charge in [-0.1, -0.05) is 12.1 Å². The summed E-state index contributed by atoms with van der Waals surface area (Å²) in [5, 5.41) is 9.30. The molecule has 2 fully saturated rings. The Kier molecular flexibility index (Phi) is 4.05. The number of methoxy groups -OCH3 is 1. The van der Waals surface area contributed by atoms with Crippen LogP contribution in [-0.4, -0.2) is 41.6 Å². The van der Waals surface area contributed by atoms with Gasteiger partial charge >= 0.3 is 5.97 Å². The normalized spacial score (nSPS) is 27.3. The Hall–Kier alpha value is -2.04. The van der Waals surface area contributed by atoms with Gasteiger partial charge in [0.2, 0.25) is 5.91 Å². The summed E-state index contributed by atoms with van der Waals surface area (Å²) in [6.45, 7) is 0.567. The van der Waals surface area contributed by atoms with E-state index in [0.29, 0.717) is 13.0 Å². The Bertz CT molecular complexity index is 586. The lowest BCUT2D eigenvalue weighted by atomic mass is 10.0. The molecule has 0 unspecified atom stereocenters. The van der Waals surface area contributed by atoms with Gasteiger partial charge in [0.15, 0.2) is 0 Å². The van der Waals surface area contributed by atoms with Gasteiger partial charge in [-0.2, -0.15) is 0 Å². The number of aliphatic carboxylic acids is 1. The third-order valence-corrected chi connectivity index (χ3v) is 4.70. The molecule has 1 aromatic rings. The molecule has 1 heterocycles. The Morgan fingerprint density at radius 2 is 2.14 bits per heavy atom. The van der Waals surface area contributed by atoms with Crippen molar-refractivity contribution in [3.8, 4) is 5.75 Å². The molecule has 0 spiro atoms. The van der Waals surface area contributed by atoms with Crippen LogP contribution in [0.1, 0.15) is 37.2 Å². The number of carboxylic acid groups (broad SMARTS) is 1. The number of carbonyl (C=O) groups is 2. The lowest BCUT2D eigenvalue weighted by Gasteiger charge is -2.33. The van der Waals surface area contributed by atoms with E-state index in [0.717, 1.165) is 30.6 Å². The van der Waals surface area contributed by atoms with Crippen LogP contribution < -0.4 is 4.74 Å². The molecule has 1 aliphatic heterocycles. The minimum absolute atomic E-state index is 0.0000742. The molecule has 1 saturated heterocycles. The van der Waals surface area contributed by atoms with E-state index in [4.69, 9.17) is 4.74 Å². The highest BCUT2D eigenvalue weighted by Crippen LogP contribution is 2.49. The first-order chi connectivity index (χ1) is 10.6. The first-order valence-corrected chi connectivity index (χ1v) is 7.79. The molecule has 1 amide bonds. The zero-order chi connectivity index (χ0) is 15.7. The number of piperidine rings is 1. The maximum Gasteiger partial charge on any atom is 0.326 e. The van der Waals surface area contributed by atoms with E-state index in [1.807, 2.05) is 24.3 Å². The Morgan fingerprint density at radius 3 is 2.86 bits per heavy atom. The average molecular weight is 303 g/mol. The Morgan fingerprint density at radius 1 is 1.32 bits per heavy atom. The molecule has 0 bridgehead atoms. The number of hydrogen-bond donors (Lipinski definition) is 1. The number of likely N-dealkylation sites (tertiary alicyclic amines) is 1. The van der Waals surface area contributed by atoms with E-state index in [-0.39, 0.29) is 17.7 Å². The summed E-state index contributed by atoms with van der Waals surface area (Å²) in [4.78, 5) is 25.6. The third kappa shape index (κ3) is 2.80. The summed E-state index contributed by atoms with van der Waals surface area (Å²) < 4.78 is 5.22. The fourth-order valence-electron chi connectivity index (χ4n) is 3.37. The lowest BCUT2D eigenvalue weighted by Crippen LogP contribution is -2.48. The molecular formula is C17H21NO4. The maximum atomic E-state index is 12.6. The Balaban J connectivity index is 1.70. The van der Waals surface area contributed by atoms with Gasteiger partial charge in [0.1, 0.15) is 11.8 Å². The highest BCUT2D eigenvalue weighted by molar-refractivity contribution is 5.87. The van der Waals surface area contributed by atoms with Crippen LogP contribution in [0.4, 0.5) is 0 Å². The van der Waals surface area contributed by atoms with Crippen molar-refractivity contribution in [1.29, 1.82) is 0 Å². The highest BCUT2D eigenvalue weighted by Gasteiger charge is 2.48. The second kappa shape index (κ2) is 5.99. The van der Waals surface area contributed by atoms with Gasteiger partial charge in [0, 0.05) is 12.5 Å². The van der Waals surface area contributed by atoms with Gasteiger partial charge in [0.05, 0.1) is 7.11 Å². The lowest BCUT2D eigenvalue weighted by molar-refractivity contribution is -0.152. The maximum absolute atomic E-state index is 12.6. The van der Waals surface area contributed by atoms with E-state index in [2.05, 4.69) is 0 Å². The summed E-state index contributed by atoms with van der Waals surface area (Å²) in [5.74, 6) is 0.0227. The summed E-state index contributed by atoms with van der Waals surface area (Å²) >= 11 is 0. The van der Waals surface area contributed by atoms with Crippen LogP contribution in [0.2, 0.25) is 0 Å². The van der Waals surface area contributed by atoms with Gasteiger partial charge < -0.3 is 14.7 Å². The molecule has 1 aliphatic carbocycles. The number of ether oxygens (including phenoxy) is 1. The molecule has 5 heteroatoms. The van der Waals surface area contributed by atoms with E-state index in [1.165, 1.54) is 0 Å². The summed E-state index contributed by atoms with van der Waals surface area (Å²) in [6, 6.07) is 7.13. The molecule has 3 rings (SSSR count). The second-order valence-corrected chi connectivity index (χ2v) is 6.11. The first kappa shape index (κ1) is 14.9. The Labute approximate surface area is 129 Å². The smallest absolute Gasteiger partial charge is 0.326 e. The molecule has 0 radical (unpaired) electrons. The number of hydrogen-bond acceptors (Lipinski definition) is 3. The molecule has 1 N–H and O–H groups in total. The van der Waals surface area contributed by atoms with Crippen molar-refractivity contribution in [2.75, 3.05) is 13.7 Å². The third-order valence-electron chi connectivity index (χ3n) is 4.70. The molecule has 22 heavy (non-hydrogen) atoms. The standard InChI is InChI=1S/C17H21NO4/c1-22-12-6-4-5-11(9-12)13-10-14(13)16(19)18-8-3-2-7-15(18)17(20)21/h4-6,9,13-15H,2-3,7-8,10H2,1H3,(H,20,21)/t13-,14-,15+/m0/s1. The van der Waals surface area contributed by atoms with Crippen LogP contribution in [0.5, 0.6) is 5.75 Å². The second-order valence-electron chi connectivity index (χ2n) is 6.11.